The molecule has 0 fully saturated rings. The molecule has 1 aromatic carbocycles. The van der Waals surface area contributed by atoms with Crippen LogP contribution < -0.4 is 10.6 Å². The lowest BCUT2D eigenvalue weighted by atomic mass is 10.3. The Morgan fingerprint density at radius 2 is 1.80 bits per heavy atom. The number of hydrogen-bond acceptors (Lipinski definition) is 2. The molecule has 0 unspecified atom stereocenters. The van der Waals surface area contributed by atoms with E-state index in [0.717, 1.165) is 19.6 Å². The highest BCUT2D eigenvalue weighted by atomic mass is 19.1. The molecule has 1 aromatic rings. The third-order valence-corrected chi connectivity index (χ3v) is 1.74. The van der Waals surface area contributed by atoms with Crippen LogP contribution in [0.15, 0.2) is 24.3 Å². The molecule has 0 aliphatic carbocycles. The van der Waals surface area contributed by atoms with Gasteiger partial charge in [-0.25, -0.2) is 4.39 Å². The van der Waals surface area contributed by atoms with Gasteiger partial charge in [0.15, 0.2) is 0 Å². The van der Waals surface area contributed by atoms with Gasteiger partial charge < -0.3 is 10.6 Å². The first-order valence-corrected chi connectivity index (χ1v) is 5.53. The predicted octanol–water partition coefficient (Wildman–Crippen LogP) is 2.87. The fourth-order valence-corrected chi connectivity index (χ4v) is 1.07. The largest absolute Gasteiger partial charge is 0.381 e. The summed E-state index contributed by atoms with van der Waals surface area (Å²) in [6.45, 7) is 8.58. The van der Waals surface area contributed by atoms with Crippen molar-refractivity contribution in [2.45, 2.75) is 20.8 Å². The molecule has 0 atom stereocenters. The maximum Gasteiger partial charge on any atom is 0.146 e. The van der Waals surface area contributed by atoms with Crippen LogP contribution in [0.4, 0.5) is 10.1 Å². The van der Waals surface area contributed by atoms with E-state index in [4.69, 9.17) is 0 Å². The maximum absolute atomic E-state index is 13.0. The number of benzene rings is 1. The Hall–Kier alpha value is -1.09. The number of anilines is 1. The Bertz CT molecular complexity index is 251. The molecule has 0 amide bonds. The molecule has 15 heavy (non-hydrogen) atoms. The molecule has 0 saturated heterocycles. The molecule has 0 bridgehead atoms. The van der Waals surface area contributed by atoms with Gasteiger partial charge in [-0.05, 0) is 18.7 Å². The van der Waals surface area contributed by atoms with E-state index in [9.17, 15) is 4.39 Å². The topological polar surface area (TPSA) is 24.1 Å². The van der Waals surface area contributed by atoms with Crippen LogP contribution >= 0.6 is 0 Å². The van der Waals surface area contributed by atoms with Crippen LogP contribution in [0.25, 0.3) is 0 Å². The Balaban J connectivity index is 0.000000921. The number of likely N-dealkylation sites (N-methyl/N-ethyl adjacent to an activating group) is 1. The molecule has 0 radical (unpaired) electrons. The van der Waals surface area contributed by atoms with E-state index in [0.29, 0.717) is 5.69 Å². The molecule has 0 saturated carbocycles. The van der Waals surface area contributed by atoms with Crippen LogP contribution in [0.5, 0.6) is 0 Å². The molecule has 0 aromatic heterocycles. The smallest absolute Gasteiger partial charge is 0.146 e. The van der Waals surface area contributed by atoms with Gasteiger partial charge in [0.1, 0.15) is 5.82 Å². The van der Waals surface area contributed by atoms with Crippen molar-refractivity contribution in [2.24, 2.45) is 0 Å². The molecule has 0 aliphatic heterocycles. The van der Waals surface area contributed by atoms with Crippen molar-refractivity contribution in [3.63, 3.8) is 0 Å². The first-order valence-electron chi connectivity index (χ1n) is 5.53. The second-order valence-electron chi connectivity index (χ2n) is 2.76. The van der Waals surface area contributed by atoms with E-state index in [-0.39, 0.29) is 5.82 Å². The third kappa shape index (κ3) is 6.07. The van der Waals surface area contributed by atoms with Crippen molar-refractivity contribution in [1.29, 1.82) is 0 Å². The lowest BCUT2D eigenvalue weighted by Crippen LogP contribution is -2.21. The summed E-state index contributed by atoms with van der Waals surface area (Å²) in [6.07, 6.45) is 0. The highest BCUT2D eigenvalue weighted by Crippen LogP contribution is 2.11. The van der Waals surface area contributed by atoms with Crippen molar-refractivity contribution in [3.05, 3.63) is 30.1 Å². The monoisotopic (exact) mass is 212 g/mol. The molecule has 0 heterocycles. The standard InChI is InChI=1S/C10H15FN2.C2H6/c1-2-12-7-8-13-10-6-4-3-5-9(10)11;1-2/h3-6,12-13H,2,7-8H2,1H3;1-2H3. The number of halogens is 1. The number of rotatable bonds is 5. The number of para-hydroxylation sites is 1. The van der Waals surface area contributed by atoms with Crippen molar-refractivity contribution >= 4 is 5.69 Å². The van der Waals surface area contributed by atoms with E-state index in [1.165, 1.54) is 6.07 Å². The summed E-state index contributed by atoms with van der Waals surface area (Å²) in [7, 11) is 0. The zero-order chi connectivity index (χ0) is 11.5. The summed E-state index contributed by atoms with van der Waals surface area (Å²) in [5.74, 6) is -0.195. The van der Waals surface area contributed by atoms with E-state index >= 15 is 0 Å². The molecule has 2 nitrogen and oxygen atoms in total. The van der Waals surface area contributed by atoms with Crippen LogP contribution in [0.3, 0.4) is 0 Å². The molecule has 3 heteroatoms. The molecule has 0 aliphatic rings. The number of nitrogens with one attached hydrogen (secondary N) is 2. The molecular formula is C12H21FN2. The minimum absolute atomic E-state index is 0.195. The van der Waals surface area contributed by atoms with Crippen LogP contribution in [0.1, 0.15) is 20.8 Å². The molecule has 0 spiro atoms. The van der Waals surface area contributed by atoms with Gasteiger partial charge in [0.05, 0.1) is 5.69 Å². The van der Waals surface area contributed by atoms with Crippen molar-refractivity contribution in [3.8, 4) is 0 Å². The normalized spacial score (nSPS) is 9.07. The van der Waals surface area contributed by atoms with E-state index in [2.05, 4.69) is 10.6 Å². The van der Waals surface area contributed by atoms with Gasteiger partial charge in [-0.1, -0.05) is 32.9 Å². The summed E-state index contributed by atoms with van der Waals surface area (Å²) in [5.41, 5.74) is 0.570. The van der Waals surface area contributed by atoms with Crippen LogP contribution in [0, 0.1) is 5.82 Å². The van der Waals surface area contributed by atoms with Gasteiger partial charge in [0.25, 0.3) is 0 Å². The van der Waals surface area contributed by atoms with Gasteiger partial charge >= 0.3 is 0 Å². The van der Waals surface area contributed by atoms with Crippen molar-refractivity contribution < 1.29 is 4.39 Å². The van der Waals surface area contributed by atoms with Crippen molar-refractivity contribution in [2.75, 3.05) is 25.0 Å². The Labute approximate surface area is 91.9 Å². The number of hydrogen-bond donors (Lipinski definition) is 2. The minimum Gasteiger partial charge on any atom is -0.381 e. The Morgan fingerprint density at radius 1 is 1.13 bits per heavy atom. The van der Waals surface area contributed by atoms with Crippen LogP contribution in [-0.4, -0.2) is 19.6 Å². The van der Waals surface area contributed by atoms with E-state index in [1.807, 2.05) is 26.8 Å². The summed E-state index contributed by atoms with van der Waals surface area (Å²) >= 11 is 0. The summed E-state index contributed by atoms with van der Waals surface area (Å²) in [5, 5.41) is 6.16. The SMILES string of the molecule is CC.CCNCCNc1ccccc1F. The summed E-state index contributed by atoms with van der Waals surface area (Å²) in [4.78, 5) is 0. The van der Waals surface area contributed by atoms with Gasteiger partial charge in [0.2, 0.25) is 0 Å². The highest BCUT2D eigenvalue weighted by molar-refractivity contribution is 5.44. The zero-order valence-corrected chi connectivity index (χ0v) is 9.81. The first kappa shape index (κ1) is 13.9. The Kier molecular flexibility index (Phi) is 8.78. The maximum atomic E-state index is 13.0. The zero-order valence-electron chi connectivity index (χ0n) is 9.81. The highest BCUT2D eigenvalue weighted by Gasteiger charge is 1.97. The Morgan fingerprint density at radius 3 is 2.40 bits per heavy atom. The summed E-state index contributed by atoms with van der Waals surface area (Å²) < 4.78 is 13.0. The second kappa shape index (κ2) is 9.46. The second-order valence-corrected chi connectivity index (χ2v) is 2.76. The van der Waals surface area contributed by atoms with Gasteiger partial charge in [0, 0.05) is 13.1 Å². The molecular weight excluding hydrogens is 191 g/mol. The van der Waals surface area contributed by atoms with Crippen LogP contribution in [0.2, 0.25) is 0 Å². The average Bonchev–Trinajstić information content (AvgIpc) is 2.29. The van der Waals surface area contributed by atoms with Crippen molar-refractivity contribution in [1.82, 2.24) is 5.32 Å². The lowest BCUT2D eigenvalue weighted by molar-refractivity contribution is 0.629. The lowest BCUT2D eigenvalue weighted by Gasteiger charge is -2.06. The van der Waals surface area contributed by atoms with Gasteiger partial charge in [-0.15, -0.1) is 0 Å². The molecule has 86 valence electrons. The first-order chi connectivity index (χ1) is 7.34. The predicted molar refractivity (Wildman–Crippen MR) is 64.8 cm³/mol. The summed E-state index contributed by atoms with van der Waals surface area (Å²) in [6, 6.07) is 6.69. The van der Waals surface area contributed by atoms with E-state index < -0.39 is 0 Å². The quantitative estimate of drug-likeness (QED) is 0.733. The fraction of sp³-hybridized carbons (Fsp3) is 0.500. The average molecular weight is 212 g/mol. The van der Waals surface area contributed by atoms with Gasteiger partial charge in [-0.3, -0.25) is 0 Å². The van der Waals surface area contributed by atoms with E-state index in [1.54, 1.807) is 12.1 Å². The van der Waals surface area contributed by atoms with Gasteiger partial charge in [-0.2, -0.15) is 0 Å². The molecule has 2 N–H and O–H groups in total. The third-order valence-electron chi connectivity index (χ3n) is 1.74. The fourth-order valence-electron chi connectivity index (χ4n) is 1.07. The molecule has 1 rings (SSSR count). The van der Waals surface area contributed by atoms with Crippen LogP contribution in [-0.2, 0) is 0 Å². The minimum atomic E-state index is -0.195.